The fourth-order valence-electron chi connectivity index (χ4n) is 1.82. The van der Waals surface area contributed by atoms with Crippen LogP contribution < -0.4 is 0 Å². The van der Waals surface area contributed by atoms with Crippen LogP contribution in [0.3, 0.4) is 0 Å². The number of alkyl halides is 3. The van der Waals surface area contributed by atoms with Crippen molar-refractivity contribution >= 4 is 5.57 Å². The van der Waals surface area contributed by atoms with Gasteiger partial charge in [-0.05, 0) is 29.7 Å². The Labute approximate surface area is 96.3 Å². The lowest BCUT2D eigenvalue weighted by molar-refractivity contribution is -0.137. The molecule has 17 heavy (non-hydrogen) atoms. The third-order valence-corrected chi connectivity index (χ3v) is 2.62. The van der Waals surface area contributed by atoms with Gasteiger partial charge < -0.3 is 9.84 Å². The SMILES string of the molecule is Oc1ccc(C2=CCOCC2)c(C(F)(F)F)c1. The van der Waals surface area contributed by atoms with Gasteiger partial charge in [0.15, 0.2) is 0 Å². The van der Waals surface area contributed by atoms with E-state index in [1.807, 2.05) is 0 Å². The molecule has 1 N–H and O–H groups in total. The van der Waals surface area contributed by atoms with Crippen LogP contribution in [0.2, 0.25) is 0 Å². The van der Waals surface area contributed by atoms with Crippen molar-refractivity contribution in [3.05, 3.63) is 35.4 Å². The van der Waals surface area contributed by atoms with E-state index in [9.17, 15) is 13.2 Å². The third-order valence-electron chi connectivity index (χ3n) is 2.62. The standard InChI is InChI=1S/C12H11F3O2/c13-12(14,15)11-7-9(16)1-2-10(11)8-3-5-17-6-4-8/h1-3,7,16H,4-6H2. The molecule has 0 aliphatic carbocycles. The minimum Gasteiger partial charge on any atom is -0.508 e. The smallest absolute Gasteiger partial charge is 0.417 e. The number of phenols is 1. The molecule has 1 aliphatic heterocycles. The molecule has 0 fully saturated rings. The second-order valence-electron chi connectivity index (χ2n) is 3.78. The molecule has 0 bridgehead atoms. The molecule has 1 heterocycles. The van der Waals surface area contributed by atoms with E-state index >= 15 is 0 Å². The van der Waals surface area contributed by atoms with Crippen molar-refractivity contribution in [2.24, 2.45) is 0 Å². The van der Waals surface area contributed by atoms with Crippen LogP contribution >= 0.6 is 0 Å². The molecule has 2 rings (SSSR count). The van der Waals surface area contributed by atoms with E-state index < -0.39 is 11.7 Å². The Balaban J connectivity index is 2.49. The van der Waals surface area contributed by atoms with Crippen molar-refractivity contribution < 1.29 is 23.0 Å². The van der Waals surface area contributed by atoms with E-state index in [0.29, 0.717) is 25.2 Å². The van der Waals surface area contributed by atoms with E-state index in [-0.39, 0.29) is 11.3 Å². The molecule has 0 spiro atoms. The van der Waals surface area contributed by atoms with E-state index in [0.717, 1.165) is 6.07 Å². The molecule has 0 atom stereocenters. The zero-order valence-electron chi connectivity index (χ0n) is 8.92. The van der Waals surface area contributed by atoms with Crippen LogP contribution in [0.25, 0.3) is 5.57 Å². The largest absolute Gasteiger partial charge is 0.508 e. The van der Waals surface area contributed by atoms with E-state index in [1.165, 1.54) is 12.1 Å². The number of ether oxygens (including phenoxy) is 1. The van der Waals surface area contributed by atoms with Crippen LogP contribution in [0.5, 0.6) is 5.75 Å². The molecule has 0 amide bonds. The summed E-state index contributed by atoms with van der Waals surface area (Å²) < 4.78 is 43.5. The summed E-state index contributed by atoms with van der Waals surface area (Å²) in [6.45, 7) is 0.748. The van der Waals surface area contributed by atoms with Crippen molar-refractivity contribution in [3.63, 3.8) is 0 Å². The first kappa shape index (κ1) is 12.0. The Kier molecular flexibility index (Phi) is 3.11. The van der Waals surface area contributed by atoms with Crippen LogP contribution in [-0.4, -0.2) is 18.3 Å². The normalized spacial score (nSPS) is 16.8. The van der Waals surface area contributed by atoms with Crippen LogP contribution in [0, 0.1) is 0 Å². The first-order valence-corrected chi connectivity index (χ1v) is 5.16. The van der Waals surface area contributed by atoms with Crippen LogP contribution in [0.1, 0.15) is 17.5 Å². The van der Waals surface area contributed by atoms with Gasteiger partial charge in [-0.1, -0.05) is 12.1 Å². The molecule has 1 aromatic carbocycles. The van der Waals surface area contributed by atoms with E-state index in [1.54, 1.807) is 6.08 Å². The summed E-state index contributed by atoms with van der Waals surface area (Å²) in [5.74, 6) is -0.381. The minimum atomic E-state index is -4.47. The van der Waals surface area contributed by atoms with Crippen molar-refractivity contribution in [1.29, 1.82) is 0 Å². The fraction of sp³-hybridized carbons (Fsp3) is 0.333. The second-order valence-corrected chi connectivity index (χ2v) is 3.78. The average Bonchev–Trinajstić information content (AvgIpc) is 2.29. The average molecular weight is 244 g/mol. The van der Waals surface area contributed by atoms with Crippen molar-refractivity contribution in [2.45, 2.75) is 12.6 Å². The van der Waals surface area contributed by atoms with Crippen LogP contribution in [0.4, 0.5) is 13.2 Å². The molecule has 2 nitrogen and oxygen atoms in total. The number of halogens is 3. The summed E-state index contributed by atoms with van der Waals surface area (Å²) in [6.07, 6.45) is -2.37. The lowest BCUT2D eigenvalue weighted by atomic mass is 9.96. The molecule has 1 aliphatic rings. The second kappa shape index (κ2) is 4.41. The maximum Gasteiger partial charge on any atom is 0.417 e. The Morgan fingerprint density at radius 2 is 2.00 bits per heavy atom. The van der Waals surface area contributed by atoms with Crippen molar-refractivity contribution in [3.8, 4) is 5.75 Å². The number of phenolic OH excluding ortho intramolecular Hbond substituents is 1. The number of hydrogen-bond donors (Lipinski definition) is 1. The highest BCUT2D eigenvalue weighted by Crippen LogP contribution is 2.38. The summed E-state index contributed by atoms with van der Waals surface area (Å²) in [7, 11) is 0. The first-order chi connectivity index (χ1) is 7.98. The van der Waals surface area contributed by atoms with Gasteiger partial charge in [0, 0.05) is 0 Å². The highest BCUT2D eigenvalue weighted by atomic mass is 19.4. The molecule has 92 valence electrons. The Hall–Kier alpha value is -1.49. The summed E-state index contributed by atoms with van der Waals surface area (Å²) in [5.41, 5.74) is -0.0622. The Bertz CT molecular complexity index is 450. The summed E-state index contributed by atoms with van der Waals surface area (Å²) in [4.78, 5) is 0. The summed E-state index contributed by atoms with van der Waals surface area (Å²) in [5, 5.41) is 9.16. The maximum absolute atomic E-state index is 12.8. The van der Waals surface area contributed by atoms with Gasteiger partial charge in [0.25, 0.3) is 0 Å². The predicted octanol–water partition coefficient (Wildman–Crippen LogP) is 3.21. The highest BCUT2D eigenvalue weighted by Gasteiger charge is 2.34. The van der Waals surface area contributed by atoms with Gasteiger partial charge in [-0.25, -0.2) is 0 Å². The molecule has 0 saturated carbocycles. The lowest BCUT2D eigenvalue weighted by Gasteiger charge is -2.18. The number of benzene rings is 1. The molecule has 0 unspecified atom stereocenters. The van der Waals surface area contributed by atoms with Gasteiger partial charge in [0.2, 0.25) is 0 Å². The molecular weight excluding hydrogens is 233 g/mol. The number of aromatic hydroxyl groups is 1. The zero-order chi connectivity index (χ0) is 12.5. The molecule has 5 heteroatoms. The van der Waals surface area contributed by atoms with Crippen LogP contribution in [0.15, 0.2) is 24.3 Å². The van der Waals surface area contributed by atoms with Gasteiger partial charge in [-0.3, -0.25) is 0 Å². The van der Waals surface area contributed by atoms with E-state index in [4.69, 9.17) is 9.84 Å². The molecule has 0 radical (unpaired) electrons. The monoisotopic (exact) mass is 244 g/mol. The van der Waals surface area contributed by atoms with Crippen LogP contribution in [-0.2, 0) is 10.9 Å². The summed E-state index contributed by atoms with van der Waals surface area (Å²) in [6, 6.07) is 3.32. The molecule has 0 saturated heterocycles. The molecule has 0 aromatic heterocycles. The topological polar surface area (TPSA) is 29.5 Å². The highest BCUT2D eigenvalue weighted by molar-refractivity contribution is 5.70. The Morgan fingerprint density at radius 1 is 1.24 bits per heavy atom. The minimum absolute atomic E-state index is 0.124. The predicted molar refractivity (Wildman–Crippen MR) is 56.5 cm³/mol. The van der Waals surface area contributed by atoms with Gasteiger partial charge in [0.1, 0.15) is 5.75 Å². The van der Waals surface area contributed by atoms with Gasteiger partial charge in [0.05, 0.1) is 18.8 Å². The molecule has 1 aromatic rings. The van der Waals surface area contributed by atoms with Gasteiger partial charge in [-0.2, -0.15) is 13.2 Å². The van der Waals surface area contributed by atoms with Gasteiger partial charge >= 0.3 is 6.18 Å². The lowest BCUT2D eigenvalue weighted by Crippen LogP contribution is -2.11. The summed E-state index contributed by atoms with van der Waals surface area (Å²) >= 11 is 0. The quantitative estimate of drug-likeness (QED) is 0.821. The van der Waals surface area contributed by atoms with E-state index in [2.05, 4.69) is 0 Å². The van der Waals surface area contributed by atoms with Gasteiger partial charge in [-0.15, -0.1) is 0 Å². The zero-order valence-corrected chi connectivity index (χ0v) is 8.92. The Morgan fingerprint density at radius 3 is 2.59 bits per heavy atom. The number of rotatable bonds is 1. The number of hydrogen-bond acceptors (Lipinski definition) is 2. The van der Waals surface area contributed by atoms with Crippen molar-refractivity contribution in [1.82, 2.24) is 0 Å². The maximum atomic E-state index is 12.8. The fourth-order valence-corrected chi connectivity index (χ4v) is 1.82. The van der Waals surface area contributed by atoms with Crippen molar-refractivity contribution in [2.75, 3.05) is 13.2 Å². The molecular formula is C12H11F3O2. The third kappa shape index (κ3) is 2.61. The first-order valence-electron chi connectivity index (χ1n) is 5.16.